The van der Waals surface area contributed by atoms with Gasteiger partial charge in [-0.15, -0.1) is 0 Å². The number of nitrogens with two attached hydrogens (primary N) is 1. The first-order chi connectivity index (χ1) is 18.5. The second-order valence-corrected chi connectivity index (χ2v) is 13.0. The number of rotatable bonds is 10. The Morgan fingerprint density at radius 1 is 1.00 bits per heavy atom. The fourth-order valence-corrected chi connectivity index (χ4v) is 5.83. The van der Waals surface area contributed by atoms with Gasteiger partial charge in [0.05, 0.1) is 6.04 Å². The molecule has 3 aliphatic rings. The minimum absolute atomic E-state index is 0.00656. The number of carbonyl (C=O) groups excluding carboxylic acids is 5. The molecular formula is C28H44F2N4O6. The van der Waals surface area contributed by atoms with Crippen LogP contribution in [0.5, 0.6) is 0 Å². The molecule has 0 unspecified atom stereocenters. The highest BCUT2D eigenvalue weighted by molar-refractivity contribution is 6.37. The minimum atomic E-state index is -2.83. The molecule has 226 valence electrons. The van der Waals surface area contributed by atoms with Gasteiger partial charge >= 0.3 is 6.09 Å². The molecular weight excluding hydrogens is 526 g/mol. The van der Waals surface area contributed by atoms with Crippen molar-refractivity contribution in [3.63, 3.8) is 0 Å². The van der Waals surface area contributed by atoms with Crippen molar-refractivity contribution in [2.24, 2.45) is 29.4 Å². The highest BCUT2D eigenvalue weighted by Gasteiger charge is 2.49. The van der Waals surface area contributed by atoms with Gasteiger partial charge in [0.25, 0.3) is 5.91 Å². The number of likely N-dealkylation sites (tertiary alicyclic amines) is 1. The summed E-state index contributed by atoms with van der Waals surface area (Å²) in [5.74, 6) is -6.60. The lowest BCUT2D eigenvalue weighted by Gasteiger charge is -2.37. The summed E-state index contributed by atoms with van der Waals surface area (Å²) >= 11 is 0. The lowest BCUT2D eigenvalue weighted by molar-refractivity contribution is -0.144. The van der Waals surface area contributed by atoms with Crippen molar-refractivity contribution in [2.75, 3.05) is 6.54 Å². The molecule has 4 N–H and O–H groups in total. The van der Waals surface area contributed by atoms with E-state index in [4.69, 9.17) is 10.5 Å². The van der Waals surface area contributed by atoms with Crippen molar-refractivity contribution in [3.05, 3.63) is 0 Å². The Bertz CT molecular complexity index is 984. The topological polar surface area (TPSA) is 148 Å². The number of primary amides is 1. The number of carbonyl (C=O) groups is 5. The smallest absolute Gasteiger partial charge is 0.408 e. The molecule has 0 aromatic heterocycles. The van der Waals surface area contributed by atoms with E-state index in [-0.39, 0.29) is 37.1 Å². The summed E-state index contributed by atoms with van der Waals surface area (Å²) in [6, 6.07) is -3.22. The summed E-state index contributed by atoms with van der Waals surface area (Å²) in [7, 11) is 0. The highest BCUT2D eigenvalue weighted by Crippen LogP contribution is 2.39. The van der Waals surface area contributed by atoms with E-state index in [1.165, 1.54) is 4.90 Å². The Morgan fingerprint density at radius 2 is 1.60 bits per heavy atom. The van der Waals surface area contributed by atoms with Gasteiger partial charge in [0.1, 0.15) is 17.7 Å². The Morgan fingerprint density at radius 3 is 2.10 bits per heavy atom. The second kappa shape index (κ2) is 12.4. The lowest BCUT2D eigenvalue weighted by atomic mass is 9.81. The van der Waals surface area contributed by atoms with Crippen molar-refractivity contribution >= 4 is 29.6 Å². The van der Waals surface area contributed by atoms with Gasteiger partial charge in [-0.1, -0.05) is 26.7 Å². The average Bonchev–Trinajstić information content (AvgIpc) is 3.53. The summed E-state index contributed by atoms with van der Waals surface area (Å²) in [6.45, 7) is 9.08. The van der Waals surface area contributed by atoms with Gasteiger partial charge in [-0.3, -0.25) is 19.2 Å². The van der Waals surface area contributed by atoms with Crippen molar-refractivity contribution in [1.82, 2.24) is 15.5 Å². The molecule has 2 aliphatic carbocycles. The Kier molecular flexibility index (Phi) is 9.82. The zero-order valence-corrected chi connectivity index (χ0v) is 24.1. The number of hydrogen-bond donors (Lipinski definition) is 3. The largest absolute Gasteiger partial charge is 0.444 e. The van der Waals surface area contributed by atoms with Crippen LogP contribution in [0, 0.1) is 23.7 Å². The number of nitrogens with zero attached hydrogens (tertiary/aromatic N) is 1. The van der Waals surface area contributed by atoms with E-state index in [9.17, 15) is 32.8 Å². The van der Waals surface area contributed by atoms with Gasteiger partial charge in [-0.05, 0) is 70.1 Å². The summed E-state index contributed by atoms with van der Waals surface area (Å²) in [5.41, 5.74) is 4.39. The zero-order valence-electron chi connectivity index (χ0n) is 24.1. The third-order valence-corrected chi connectivity index (χ3v) is 8.17. The van der Waals surface area contributed by atoms with Gasteiger partial charge in [-0.2, -0.15) is 0 Å². The zero-order chi connectivity index (χ0) is 30.0. The lowest BCUT2D eigenvalue weighted by Crippen LogP contribution is -2.59. The van der Waals surface area contributed by atoms with E-state index in [1.807, 2.05) is 13.8 Å². The van der Waals surface area contributed by atoms with Crippen molar-refractivity contribution in [3.8, 4) is 0 Å². The SMILES string of the molecule is CC(C)[C@H]1CCN(C(=O)[C@@H](NC(=O)OC(C)(C)C)C2CCC(F)(F)CC2)[C@@H]1C(=O)N[C@H](CC1CC1)C(=O)C(N)=O. The minimum Gasteiger partial charge on any atom is -0.444 e. The summed E-state index contributed by atoms with van der Waals surface area (Å²) in [5, 5.41) is 5.30. The fraction of sp³-hybridized carbons (Fsp3) is 0.821. The molecule has 0 bridgehead atoms. The number of alkyl carbamates (subject to hydrolysis) is 1. The number of hydrogen-bond acceptors (Lipinski definition) is 6. The van der Waals surface area contributed by atoms with Crippen LogP contribution in [0.25, 0.3) is 0 Å². The van der Waals surface area contributed by atoms with Crippen LogP contribution < -0.4 is 16.4 Å². The summed E-state index contributed by atoms with van der Waals surface area (Å²) < 4.78 is 33.3. The number of Topliss-reactive ketones (excluding diaryl/α,β-unsaturated/α-hetero) is 1. The quantitative estimate of drug-likeness (QED) is 0.344. The molecule has 4 atom stereocenters. The summed E-state index contributed by atoms with van der Waals surface area (Å²) in [4.78, 5) is 66.0. The van der Waals surface area contributed by atoms with Crippen LogP contribution in [-0.2, 0) is 23.9 Å². The average molecular weight is 571 g/mol. The third-order valence-electron chi connectivity index (χ3n) is 8.17. The molecule has 12 heteroatoms. The standard InChI is InChI=1S/C28H44F2N4O6/c1-15(2)18-10-13-34(21(18)24(37)32-19(14-16-6-7-16)22(35)23(31)36)25(38)20(33-26(39)40-27(3,4)5)17-8-11-28(29,30)12-9-17/h15-21H,6-14H2,1-5H3,(H2,31,36)(H,32,37)(H,33,39)/t18-,19-,20+,21+/m1/s1. The third kappa shape index (κ3) is 8.36. The van der Waals surface area contributed by atoms with Crippen LogP contribution in [0.1, 0.15) is 86.0 Å². The van der Waals surface area contributed by atoms with E-state index in [0.29, 0.717) is 12.8 Å². The van der Waals surface area contributed by atoms with E-state index < -0.39 is 78.0 Å². The van der Waals surface area contributed by atoms with Crippen LogP contribution in [0.4, 0.5) is 13.6 Å². The first kappa shape index (κ1) is 31.7. The van der Waals surface area contributed by atoms with E-state index in [0.717, 1.165) is 12.8 Å². The molecule has 1 saturated heterocycles. The van der Waals surface area contributed by atoms with Crippen LogP contribution in [0.15, 0.2) is 0 Å². The number of nitrogens with one attached hydrogen (secondary N) is 2. The molecule has 3 rings (SSSR count). The van der Waals surface area contributed by atoms with Crippen molar-refractivity contribution in [2.45, 2.75) is 116 Å². The van der Waals surface area contributed by atoms with Crippen molar-refractivity contribution in [1.29, 1.82) is 0 Å². The monoisotopic (exact) mass is 570 g/mol. The predicted octanol–water partition coefficient (Wildman–Crippen LogP) is 2.92. The summed E-state index contributed by atoms with van der Waals surface area (Å²) in [6.07, 6.45) is 0.948. The Hall–Kier alpha value is -2.79. The molecule has 2 saturated carbocycles. The molecule has 1 aliphatic heterocycles. The molecule has 1 heterocycles. The van der Waals surface area contributed by atoms with Crippen LogP contribution in [0.3, 0.4) is 0 Å². The van der Waals surface area contributed by atoms with Gasteiger partial charge < -0.3 is 26.0 Å². The van der Waals surface area contributed by atoms with Gasteiger partial charge in [0.2, 0.25) is 23.5 Å². The molecule has 4 amide bonds. The Labute approximate surface area is 234 Å². The van der Waals surface area contributed by atoms with Gasteiger partial charge in [0.15, 0.2) is 0 Å². The molecule has 0 aromatic carbocycles. The Balaban J connectivity index is 1.86. The normalized spacial score (nSPS) is 24.8. The number of ether oxygens (including phenoxy) is 1. The second-order valence-electron chi connectivity index (χ2n) is 13.0. The van der Waals surface area contributed by atoms with Crippen LogP contribution in [-0.4, -0.2) is 70.7 Å². The van der Waals surface area contributed by atoms with E-state index >= 15 is 0 Å². The first-order valence-electron chi connectivity index (χ1n) is 14.3. The number of amides is 4. The number of alkyl halides is 2. The van der Waals surface area contributed by atoms with E-state index in [2.05, 4.69) is 10.6 Å². The molecule has 0 aromatic rings. The molecule has 10 nitrogen and oxygen atoms in total. The van der Waals surface area contributed by atoms with E-state index in [1.54, 1.807) is 20.8 Å². The molecule has 0 spiro atoms. The molecule has 3 fully saturated rings. The van der Waals surface area contributed by atoms with Crippen molar-refractivity contribution < 1.29 is 37.5 Å². The highest BCUT2D eigenvalue weighted by atomic mass is 19.3. The van der Waals surface area contributed by atoms with Crippen LogP contribution >= 0.6 is 0 Å². The number of halogens is 2. The fourth-order valence-electron chi connectivity index (χ4n) is 5.83. The number of ketones is 1. The maximum atomic E-state index is 14.1. The molecule has 0 radical (unpaired) electrons. The molecule has 40 heavy (non-hydrogen) atoms. The maximum absolute atomic E-state index is 14.1. The van der Waals surface area contributed by atoms with Gasteiger partial charge in [0, 0.05) is 19.4 Å². The van der Waals surface area contributed by atoms with Gasteiger partial charge in [-0.25, -0.2) is 13.6 Å². The first-order valence-corrected chi connectivity index (χ1v) is 14.3. The predicted molar refractivity (Wildman–Crippen MR) is 142 cm³/mol. The maximum Gasteiger partial charge on any atom is 0.408 e. The van der Waals surface area contributed by atoms with Crippen LogP contribution in [0.2, 0.25) is 0 Å².